The summed E-state index contributed by atoms with van der Waals surface area (Å²) in [7, 11) is 0. The van der Waals surface area contributed by atoms with Crippen LogP contribution in [0.4, 0.5) is 0 Å². The van der Waals surface area contributed by atoms with Gasteiger partial charge in [0, 0.05) is 25.3 Å². The molecule has 0 spiro atoms. The number of ketones is 1. The molecular weight excluding hydrogens is 258 g/mol. The van der Waals surface area contributed by atoms with Crippen molar-refractivity contribution < 1.29 is 19.1 Å². The number of hydrogen-bond acceptors (Lipinski definition) is 4. The molecule has 0 saturated carbocycles. The average molecular weight is 289 g/mol. The minimum absolute atomic E-state index is 0.00411. The van der Waals surface area contributed by atoms with E-state index in [9.17, 15) is 9.59 Å². The summed E-state index contributed by atoms with van der Waals surface area (Å²) in [5.74, 6) is 0.254. The van der Waals surface area contributed by atoms with Gasteiger partial charge in [-0.3, -0.25) is 9.59 Å². The maximum absolute atomic E-state index is 11.2. The molecular formula is C15H31NO4. The van der Waals surface area contributed by atoms with E-state index in [4.69, 9.17) is 9.47 Å². The molecule has 0 unspecified atom stereocenters. The molecule has 0 aliphatic carbocycles. The number of hydrogen-bond donors (Lipinski definition) is 1. The number of amides is 1. The van der Waals surface area contributed by atoms with Crippen LogP contribution in [0.25, 0.3) is 0 Å². The molecule has 0 aliphatic heterocycles. The van der Waals surface area contributed by atoms with Gasteiger partial charge >= 0.3 is 0 Å². The Morgan fingerprint density at radius 1 is 1.00 bits per heavy atom. The minimum atomic E-state index is 0.00411. The van der Waals surface area contributed by atoms with Crippen molar-refractivity contribution in [3.05, 3.63) is 0 Å². The third-order valence-electron chi connectivity index (χ3n) is 2.36. The van der Waals surface area contributed by atoms with Crippen LogP contribution in [-0.2, 0) is 19.1 Å². The molecule has 0 aromatic carbocycles. The molecule has 0 aromatic heterocycles. The first kappa shape index (κ1) is 21.4. The Morgan fingerprint density at radius 2 is 1.55 bits per heavy atom. The van der Waals surface area contributed by atoms with Crippen LogP contribution in [0, 0.1) is 5.92 Å². The second-order valence-corrected chi connectivity index (χ2v) is 4.31. The highest BCUT2D eigenvalue weighted by atomic mass is 16.5. The van der Waals surface area contributed by atoms with Crippen molar-refractivity contribution in [1.82, 2.24) is 5.32 Å². The number of ether oxygens (including phenoxy) is 2. The van der Waals surface area contributed by atoms with Crippen molar-refractivity contribution in [2.24, 2.45) is 5.92 Å². The monoisotopic (exact) mass is 289 g/mol. The van der Waals surface area contributed by atoms with Crippen molar-refractivity contribution in [1.29, 1.82) is 0 Å². The largest absolute Gasteiger partial charge is 0.379 e. The second-order valence-electron chi connectivity index (χ2n) is 4.31. The van der Waals surface area contributed by atoms with E-state index < -0.39 is 0 Å². The van der Waals surface area contributed by atoms with E-state index in [1.54, 1.807) is 0 Å². The molecule has 20 heavy (non-hydrogen) atoms. The molecule has 0 rings (SSSR count). The molecule has 5 nitrogen and oxygen atoms in total. The maximum atomic E-state index is 11.2. The van der Waals surface area contributed by atoms with E-state index in [0.29, 0.717) is 45.8 Å². The normalized spacial score (nSPS) is 9.90. The fourth-order valence-electron chi connectivity index (χ4n) is 1.14. The van der Waals surface area contributed by atoms with Gasteiger partial charge < -0.3 is 14.8 Å². The average Bonchev–Trinajstić information content (AvgIpc) is 2.46. The lowest BCUT2D eigenvalue weighted by Gasteiger charge is -2.08. The molecule has 0 aliphatic rings. The van der Waals surface area contributed by atoms with Crippen molar-refractivity contribution in [3.63, 3.8) is 0 Å². The number of carbonyl (C=O) groups is 2. The fourth-order valence-corrected chi connectivity index (χ4v) is 1.14. The summed E-state index contributed by atoms with van der Waals surface area (Å²) in [6.07, 6.45) is 1.04. The van der Waals surface area contributed by atoms with E-state index in [2.05, 4.69) is 5.32 Å². The molecule has 0 bridgehead atoms. The van der Waals surface area contributed by atoms with Crippen LogP contribution in [0.1, 0.15) is 47.5 Å². The highest BCUT2D eigenvalue weighted by Crippen LogP contribution is 1.91. The topological polar surface area (TPSA) is 64.6 Å². The van der Waals surface area contributed by atoms with Crippen molar-refractivity contribution in [2.45, 2.75) is 47.5 Å². The lowest BCUT2D eigenvalue weighted by Crippen LogP contribution is -2.31. The van der Waals surface area contributed by atoms with Crippen molar-refractivity contribution in [2.75, 3.05) is 33.0 Å². The maximum Gasteiger partial charge on any atom is 0.222 e. The number of nitrogens with one attached hydrogen (secondary N) is 1. The summed E-state index contributed by atoms with van der Waals surface area (Å²) in [4.78, 5) is 22.1. The van der Waals surface area contributed by atoms with E-state index in [-0.39, 0.29) is 17.6 Å². The summed E-state index contributed by atoms with van der Waals surface area (Å²) in [6, 6.07) is 0. The Kier molecular flexibility index (Phi) is 17.2. The predicted molar refractivity (Wildman–Crippen MR) is 80.7 cm³/mol. The predicted octanol–water partition coefficient (Wildman–Crippen LogP) is 2.19. The van der Waals surface area contributed by atoms with E-state index >= 15 is 0 Å². The fraction of sp³-hybridized carbons (Fsp3) is 0.867. The lowest BCUT2D eigenvalue weighted by atomic mass is 10.2. The Hall–Kier alpha value is -0.940. The van der Waals surface area contributed by atoms with Gasteiger partial charge in [0.15, 0.2) is 0 Å². The summed E-state index contributed by atoms with van der Waals surface area (Å²) in [5, 5.41) is 2.76. The SMILES string of the molecule is CC.CCC(=O)CCOCCOCCNC(=O)C(C)C. The van der Waals surface area contributed by atoms with Crippen LogP contribution in [0.15, 0.2) is 0 Å². The van der Waals surface area contributed by atoms with Crippen LogP contribution in [0.2, 0.25) is 0 Å². The van der Waals surface area contributed by atoms with Gasteiger partial charge in [0.05, 0.1) is 26.4 Å². The first-order valence-electron chi connectivity index (χ1n) is 7.52. The zero-order chi connectivity index (χ0) is 15.8. The van der Waals surface area contributed by atoms with Gasteiger partial charge in [-0.05, 0) is 0 Å². The third-order valence-corrected chi connectivity index (χ3v) is 2.36. The van der Waals surface area contributed by atoms with Crippen LogP contribution >= 0.6 is 0 Å². The summed E-state index contributed by atoms with van der Waals surface area (Å²) in [6.45, 7) is 12.0. The summed E-state index contributed by atoms with van der Waals surface area (Å²) in [5.41, 5.74) is 0. The highest BCUT2D eigenvalue weighted by Gasteiger charge is 2.04. The van der Waals surface area contributed by atoms with Crippen molar-refractivity contribution >= 4 is 11.7 Å². The van der Waals surface area contributed by atoms with Crippen LogP contribution < -0.4 is 5.32 Å². The van der Waals surface area contributed by atoms with Crippen LogP contribution in [0.3, 0.4) is 0 Å². The quantitative estimate of drug-likeness (QED) is 0.592. The number of rotatable bonds is 11. The molecule has 1 amide bonds. The third kappa shape index (κ3) is 15.1. The number of Topliss-reactive ketones (excluding diaryl/α,β-unsaturated/α-hetero) is 1. The Balaban J connectivity index is 0. The molecule has 120 valence electrons. The van der Waals surface area contributed by atoms with E-state index in [1.165, 1.54) is 0 Å². The molecule has 0 atom stereocenters. The zero-order valence-corrected chi connectivity index (χ0v) is 13.7. The standard InChI is InChI=1S/C13H25NO4.C2H6/c1-4-12(15)5-7-17-9-10-18-8-6-14-13(16)11(2)3;1-2/h11H,4-10H2,1-3H3,(H,14,16);1-2H3. The Morgan fingerprint density at radius 3 is 2.05 bits per heavy atom. The molecule has 5 heteroatoms. The van der Waals surface area contributed by atoms with Crippen LogP contribution in [0.5, 0.6) is 0 Å². The molecule has 0 fully saturated rings. The van der Waals surface area contributed by atoms with Gasteiger partial charge in [0.25, 0.3) is 0 Å². The van der Waals surface area contributed by atoms with Gasteiger partial charge in [-0.2, -0.15) is 0 Å². The second kappa shape index (κ2) is 16.1. The van der Waals surface area contributed by atoms with Crippen LogP contribution in [-0.4, -0.2) is 44.7 Å². The first-order chi connectivity index (χ1) is 9.57. The smallest absolute Gasteiger partial charge is 0.222 e. The molecule has 0 saturated heterocycles. The Bertz CT molecular complexity index is 242. The molecule has 0 radical (unpaired) electrons. The van der Waals surface area contributed by atoms with Gasteiger partial charge in [-0.15, -0.1) is 0 Å². The molecule has 0 heterocycles. The van der Waals surface area contributed by atoms with Gasteiger partial charge in [-0.1, -0.05) is 34.6 Å². The number of carbonyl (C=O) groups excluding carboxylic acids is 2. The van der Waals surface area contributed by atoms with Crippen molar-refractivity contribution in [3.8, 4) is 0 Å². The zero-order valence-electron chi connectivity index (χ0n) is 13.7. The first-order valence-corrected chi connectivity index (χ1v) is 7.52. The van der Waals surface area contributed by atoms with E-state index in [1.807, 2.05) is 34.6 Å². The minimum Gasteiger partial charge on any atom is -0.379 e. The van der Waals surface area contributed by atoms with Gasteiger partial charge in [-0.25, -0.2) is 0 Å². The van der Waals surface area contributed by atoms with E-state index in [0.717, 1.165) is 0 Å². The van der Waals surface area contributed by atoms with Gasteiger partial charge in [0.1, 0.15) is 5.78 Å². The molecule has 0 aromatic rings. The lowest BCUT2D eigenvalue weighted by molar-refractivity contribution is -0.124. The summed E-state index contributed by atoms with van der Waals surface area (Å²) >= 11 is 0. The van der Waals surface area contributed by atoms with Gasteiger partial charge in [0.2, 0.25) is 5.91 Å². The highest BCUT2D eigenvalue weighted by molar-refractivity contribution is 5.78. The Labute approximate surface area is 123 Å². The summed E-state index contributed by atoms with van der Waals surface area (Å²) < 4.78 is 10.5. The molecule has 1 N–H and O–H groups in total.